The minimum absolute atomic E-state index is 0.700. The molecule has 0 bridgehead atoms. The van der Waals surface area contributed by atoms with Gasteiger partial charge in [-0.15, -0.1) is 0 Å². The molecule has 0 atom stereocenters. The summed E-state index contributed by atoms with van der Waals surface area (Å²) in [6.45, 7) is 5.01. The van der Waals surface area contributed by atoms with Crippen molar-refractivity contribution in [2.75, 3.05) is 17.6 Å². The van der Waals surface area contributed by atoms with Crippen molar-refractivity contribution in [2.24, 2.45) is 0 Å². The highest BCUT2D eigenvalue weighted by Gasteiger charge is 2.05. The molecule has 0 aliphatic carbocycles. The van der Waals surface area contributed by atoms with E-state index in [0.717, 1.165) is 35.7 Å². The molecule has 0 spiro atoms. The molecule has 3 aromatic rings. The van der Waals surface area contributed by atoms with Crippen LogP contribution in [-0.2, 0) is 6.42 Å². The van der Waals surface area contributed by atoms with Gasteiger partial charge in [-0.3, -0.25) is 5.10 Å². The van der Waals surface area contributed by atoms with Crippen LogP contribution in [0.25, 0.3) is 11.4 Å². The Labute approximate surface area is 136 Å². The molecular weight excluding hydrogens is 286 g/mol. The van der Waals surface area contributed by atoms with Gasteiger partial charge in [-0.2, -0.15) is 5.10 Å². The smallest absolute Gasteiger partial charge is 0.181 e. The fourth-order valence-electron chi connectivity index (χ4n) is 2.57. The summed E-state index contributed by atoms with van der Waals surface area (Å²) in [6, 6.07) is 14.0. The van der Waals surface area contributed by atoms with Gasteiger partial charge in [-0.1, -0.05) is 6.07 Å². The van der Waals surface area contributed by atoms with Crippen LogP contribution in [0.2, 0.25) is 0 Å². The highest BCUT2D eigenvalue weighted by molar-refractivity contribution is 5.58. The van der Waals surface area contributed by atoms with E-state index in [-0.39, 0.29) is 0 Å². The van der Waals surface area contributed by atoms with Crippen LogP contribution in [0.15, 0.2) is 42.5 Å². The molecule has 118 valence electrons. The van der Waals surface area contributed by atoms with Gasteiger partial charge in [0.15, 0.2) is 5.82 Å². The zero-order chi connectivity index (χ0) is 16.2. The van der Waals surface area contributed by atoms with E-state index in [2.05, 4.69) is 52.5 Å². The maximum Gasteiger partial charge on any atom is 0.181 e. The molecule has 0 saturated heterocycles. The Morgan fingerprint density at radius 2 is 1.74 bits per heavy atom. The summed E-state index contributed by atoms with van der Waals surface area (Å²) < 4.78 is 0. The Hall–Kier alpha value is -2.82. The summed E-state index contributed by atoms with van der Waals surface area (Å²) in [5.74, 6) is 1.57. The maximum atomic E-state index is 5.70. The number of aromatic amines is 1. The lowest BCUT2D eigenvalue weighted by Crippen LogP contribution is -2.06. The first-order valence-corrected chi connectivity index (χ1v) is 7.69. The quantitative estimate of drug-likeness (QED) is 0.632. The molecule has 4 N–H and O–H groups in total. The molecule has 23 heavy (non-hydrogen) atoms. The Bertz CT molecular complexity index is 769. The van der Waals surface area contributed by atoms with Crippen molar-refractivity contribution in [2.45, 2.75) is 20.3 Å². The number of aryl methyl sites for hydroxylation is 2. The number of nitrogens with one attached hydrogen (secondary N) is 2. The van der Waals surface area contributed by atoms with Crippen molar-refractivity contribution >= 4 is 11.4 Å². The Morgan fingerprint density at radius 3 is 2.43 bits per heavy atom. The number of nitrogens with zero attached hydrogens (tertiary/aromatic N) is 2. The molecule has 0 fully saturated rings. The Kier molecular flexibility index (Phi) is 4.28. The van der Waals surface area contributed by atoms with Crippen molar-refractivity contribution in [3.63, 3.8) is 0 Å². The minimum Gasteiger partial charge on any atom is -0.399 e. The average Bonchev–Trinajstić information content (AvgIpc) is 2.96. The van der Waals surface area contributed by atoms with Crippen LogP contribution in [-0.4, -0.2) is 21.7 Å². The van der Waals surface area contributed by atoms with Crippen molar-refractivity contribution in [3.05, 3.63) is 59.4 Å². The molecule has 1 heterocycles. The summed E-state index contributed by atoms with van der Waals surface area (Å²) in [7, 11) is 0. The van der Waals surface area contributed by atoms with E-state index in [9.17, 15) is 0 Å². The molecule has 2 aromatic carbocycles. The van der Waals surface area contributed by atoms with Crippen molar-refractivity contribution in [3.8, 4) is 11.4 Å². The topological polar surface area (TPSA) is 79.6 Å². The van der Waals surface area contributed by atoms with E-state index in [4.69, 9.17) is 5.73 Å². The molecule has 0 aliphatic rings. The molecule has 0 saturated carbocycles. The monoisotopic (exact) mass is 307 g/mol. The van der Waals surface area contributed by atoms with Crippen LogP contribution in [0.1, 0.15) is 17.0 Å². The molecule has 1 aromatic heterocycles. The van der Waals surface area contributed by atoms with Crippen LogP contribution in [0.4, 0.5) is 11.4 Å². The second kappa shape index (κ2) is 6.52. The lowest BCUT2D eigenvalue weighted by Gasteiger charge is -2.07. The number of nitrogen functional groups attached to an aromatic ring is 1. The van der Waals surface area contributed by atoms with Crippen LogP contribution in [0.3, 0.4) is 0 Å². The summed E-state index contributed by atoms with van der Waals surface area (Å²) in [5, 5.41) is 10.7. The molecular formula is C18H21N5. The molecule has 3 rings (SSSR count). The standard InChI is InChI=1S/C18H21N5/c1-12-9-13(2)11-16(10-12)20-8-7-17-21-18(23-22-17)14-3-5-15(19)6-4-14/h3-6,9-11,20H,7-8,19H2,1-2H3,(H,21,22,23). The minimum atomic E-state index is 0.700. The van der Waals surface area contributed by atoms with Crippen molar-refractivity contribution < 1.29 is 0 Å². The van der Waals surface area contributed by atoms with E-state index in [1.165, 1.54) is 11.1 Å². The van der Waals surface area contributed by atoms with Gasteiger partial charge >= 0.3 is 0 Å². The molecule has 0 radical (unpaired) electrons. The van der Waals surface area contributed by atoms with Gasteiger partial charge in [-0.25, -0.2) is 4.98 Å². The normalized spacial score (nSPS) is 10.7. The Morgan fingerprint density at radius 1 is 1.04 bits per heavy atom. The molecule has 0 amide bonds. The van der Waals surface area contributed by atoms with Crippen LogP contribution in [0.5, 0.6) is 0 Å². The van der Waals surface area contributed by atoms with Crippen LogP contribution >= 0.6 is 0 Å². The van der Waals surface area contributed by atoms with E-state index >= 15 is 0 Å². The number of nitrogens with two attached hydrogens (primary N) is 1. The van der Waals surface area contributed by atoms with E-state index in [1.54, 1.807) is 0 Å². The number of rotatable bonds is 5. The van der Waals surface area contributed by atoms with E-state index in [1.807, 2.05) is 24.3 Å². The number of hydrogen-bond donors (Lipinski definition) is 3. The van der Waals surface area contributed by atoms with Crippen LogP contribution < -0.4 is 11.1 Å². The third-order valence-corrected chi connectivity index (χ3v) is 3.61. The zero-order valence-electron chi connectivity index (χ0n) is 13.4. The lowest BCUT2D eigenvalue weighted by molar-refractivity contribution is 0.901. The maximum absolute atomic E-state index is 5.70. The SMILES string of the molecule is Cc1cc(C)cc(NCCc2nc(-c3ccc(N)cc3)n[nH]2)c1. The molecule has 0 unspecified atom stereocenters. The fraction of sp³-hybridized carbons (Fsp3) is 0.222. The third kappa shape index (κ3) is 3.88. The first-order chi connectivity index (χ1) is 11.1. The summed E-state index contributed by atoms with van der Waals surface area (Å²) in [6.07, 6.45) is 0.787. The highest BCUT2D eigenvalue weighted by atomic mass is 15.2. The second-order valence-corrected chi connectivity index (χ2v) is 5.78. The van der Waals surface area contributed by atoms with Gasteiger partial charge < -0.3 is 11.1 Å². The van der Waals surface area contributed by atoms with E-state index in [0.29, 0.717) is 5.82 Å². The summed E-state index contributed by atoms with van der Waals surface area (Å²) in [5.41, 5.74) is 11.1. The zero-order valence-corrected chi connectivity index (χ0v) is 13.4. The fourth-order valence-corrected chi connectivity index (χ4v) is 2.57. The highest BCUT2D eigenvalue weighted by Crippen LogP contribution is 2.17. The molecule has 5 nitrogen and oxygen atoms in total. The third-order valence-electron chi connectivity index (χ3n) is 3.61. The van der Waals surface area contributed by atoms with E-state index < -0.39 is 0 Å². The Balaban J connectivity index is 1.60. The van der Waals surface area contributed by atoms with Gasteiger partial charge in [0, 0.05) is 29.9 Å². The second-order valence-electron chi connectivity index (χ2n) is 5.78. The predicted octanol–water partition coefficient (Wildman–Crippen LogP) is 3.33. The number of aromatic nitrogens is 3. The number of anilines is 2. The van der Waals surface area contributed by atoms with Gasteiger partial charge in [0.1, 0.15) is 5.82 Å². The van der Waals surface area contributed by atoms with Gasteiger partial charge in [0.25, 0.3) is 0 Å². The van der Waals surface area contributed by atoms with Crippen LogP contribution in [0, 0.1) is 13.8 Å². The molecule has 0 aliphatic heterocycles. The average molecular weight is 307 g/mol. The van der Waals surface area contributed by atoms with Gasteiger partial charge in [0.05, 0.1) is 0 Å². The number of benzene rings is 2. The lowest BCUT2D eigenvalue weighted by atomic mass is 10.1. The predicted molar refractivity (Wildman–Crippen MR) is 94.3 cm³/mol. The summed E-state index contributed by atoms with van der Waals surface area (Å²) in [4.78, 5) is 4.53. The number of H-pyrrole nitrogens is 1. The summed E-state index contributed by atoms with van der Waals surface area (Å²) >= 11 is 0. The van der Waals surface area contributed by atoms with Crippen molar-refractivity contribution in [1.29, 1.82) is 0 Å². The van der Waals surface area contributed by atoms with Gasteiger partial charge in [-0.05, 0) is 61.4 Å². The molecule has 5 heteroatoms. The first-order valence-electron chi connectivity index (χ1n) is 7.69. The van der Waals surface area contributed by atoms with Gasteiger partial charge in [0.2, 0.25) is 0 Å². The first kappa shape index (κ1) is 15.1. The van der Waals surface area contributed by atoms with Crippen molar-refractivity contribution in [1.82, 2.24) is 15.2 Å². The number of hydrogen-bond acceptors (Lipinski definition) is 4. The largest absolute Gasteiger partial charge is 0.399 e.